The van der Waals surface area contributed by atoms with E-state index in [2.05, 4.69) is 17.6 Å². The largest absolute Gasteiger partial charge is 0.404 e. The maximum Gasteiger partial charge on any atom is 0.404 e. The Morgan fingerprint density at radius 1 is 1.29 bits per heavy atom. The van der Waals surface area contributed by atoms with Crippen LogP contribution in [-0.2, 0) is 4.79 Å². The van der Waals surface area contributed by atoms with Crippen LogP contribution < -0.4 is 10.6 Å². The first-order valence-electron chi connectivity index (χ1n) is 7.91. The molecule has 2 rings (SSSR count). The van der Waals surface area contributed by atoms with Crippen molar-refractivity contribution in [3.8, 4) is 0 Å². The van der Waals surface area contributed by atoms with Gasteiger partial charge in [-0.15, -0.1) is 0 Å². The summed E-state index contributed by atoms with van der Waals surface area (Å²) in [7, 11) is 0. The molecule has 1 saturated carbocycles. The molecule has 21 heavy (non-hydrogen) atoms. The van der Waals surface area contributed by atoms with Gasteiger partial charge < -0.3 is 10.6 Å². The van der Waals surface area contributed by atoms with Crippen molar-refractivity contribution < 1.29 is 18.0 Å². The van der Waals surface area contributed by atoms with E-state index in [1.807, 2.05) is 0 Å². The molecule has 1 unspecified atom stereocenters. The van der Waals surface area contributed by atoms with Crippen LogP contribution in [0.3, 0.4) is 0 Å². The van der Waals surface area contributed by atoms with E-state index in [9.17, 15) is 18.0 Å². The van der Waals surface area contributed by atoms with Crippen molar-refractivity contribution >= 4 is 5.91 Å². The van der Waals surface area contributed by atoms with Crippen LogP contribution in [0.2, 0.25) is 0 Å². The number of nitrogens with one attached hydrogen (secondary N) is 2. The number of hydrogen-bond donors (Lipinski definition) is 2. The Kier molecular flexibility index (Phi) is 5.17. The SMILES string of the molecule is CC1CCC(CCNC(=O)C2(C(F)(F)F)CCNC2)CC1. The first-order valence-corrected chi connectivity index (χ1v) is 7.91. The lowest BCUT2D eigenvalue weighted by molar-refractivity contribution is -0.216. The lowest BCUT2D eigenvalue weighted by atomic mass is 9.81. The predicted octanol–water partition coefficient (Wildman–Crippen LogP) is 2.86. The topological polar surface area (TPSA) is 41.1 Å². The lowest BCUT2D eigenvalue weighted by Crippen LogP contribution is -2.52. The second kappa shape index (κ2) is 6.55. The minimum atomic E-state index is -4.49. The summed E-state index contributed by atoms with van der Waals surface area (Å²) in [5.74, 6) is 0.447. The van der Waals surface area contributed by atoms with Crippen LogP contribution in [0.1, 0.15) is 45.4 Å². The van der Waals surface area contributed by atoms with Crippen molar-refractivity contribution in [2.45, 2.75) is 51.6 Å². The van der Waals surface area contributed by atoms with Crippen molar-refractivity contribution in [2.24, 2.45) is 17.3 Å². The maximum atomic E-state index is 13.2. The fourth-order valence-corrected chi connectivity index (χ4v) is 3.43. The minimum Gasteiger partial charge on any atom is -0.355 e. The summed E-state index contributed by atoms with van der Waals surface area (Å²) in [6.07, 6.45) is 0.778. The summed E-state index contributed by atoms with van der Waals surface area (Å²) in [6, 6.07) is 0. The van der Waals surface area contributed by atoms with Crippen molar-refractivity contribution in [1.82, 2.24) is 10.6 Å². The van der Waals surface area contributed by atoms with Crippen molar-refractivity contribution in [3.05, 3.63) is 0 Å². The van der Waals surface area contributed by atoms with Crippen LogP contribution in [0.4, 0.5) is 13.2 Å². The summed E-state index contributed by atoms with van der Waals surface area (Å²) in [5.41, 5.74) is -2.23. The Morgan fingerprint density at radius 3 is 2.48 bits per heavy atom. The average Bonchev–Trinajstić information content (AvgIpc) is 2.91. The molecule has 1 aliphatic heterocycles. The fourth-order valence-electron chi connectivity index (χ4n) is 3.43. The molecular weight excluding hydrogens is 281 g/mol. The third-order valence-corrected chi connectivity index (χ3v) is 5.11. The molecule has 0 spiro atoms. The van der Waals surface area contributed by atoms with E-state index in [1.54, 1.807) is 0 Å². The monoisotopic (exact) mass is 306 g/mol. The summed E-state index contributed by atoms with van der Waals surface area (Å²) in [6.45, 7) is 2.53. The predicted molar refractivity (Wildman–Crippen MR) is 74.7 cm³/mol. The highest BCUT2D eigenvalue weighted by atomic mass is 19.4. The van der Waals surface area contributed by atoms with Crippen LogP contribution in [0.25, 0.3) is 0 Å². The standard InChI is InChI=1S/C15H25F3N2O/c1-11-2-4-12(5-3-11)6-8-20-13(21)14(15(16,17)18)7-9-19-10-14/h11-12,19H,2-10H2,1H3,(H,20,21). The zero-order valence-electron chi connectivity index (χ0n) is 12.6. The quantitative estimate of drug-likeness (QED) is 0.838. The average molecular weight is 306 g/mol. The number of alkyl halides is 3. The van der Waals surface area contributed by atoms with Gasteiger partial charge in [-0.05, 0) is 31.2 Å². The normalized spacial score (nSPS) is 33.9. The zero-order chi connectivity index (χ0) is 15.5. The highest BCUT2D eigenvalue weighted by Gasteiger charge is 2.61. The molecule has 1 saturated heterocycles. The summed E-state index contributed by atoms with van der Waals surface area (Å²) in [5, 5.41) is 5.20. The van der Waals surface area contributed by atoms with Gasteiger partial charge in [0.25, 0.3) is 0 Å². The molecule has 0 bridgehead atoms. The number of halogens is 3. The maximum absolute atomic E-state index is 13.2. The molecule has 2 aliphatic rings. The number of rotatable bonds is 4. The highest BCUT2D eigenvalue weighted by Crippen LogP contribution is 2.43. The molecule has 122 valence electrons. The first-order chi connectivity index (χ1) is 9.85. The molecule has 1 atom stereocenters. The molecule has 6 heteroatoms. The van der Waals surface area contributed by atoms with E-state index in [0.717, 1.165) is 25.2 Å². The lowest BCUT2D eigenvalue weighted by Gasteiger charge is -2.30. The van der Waals surface area contributed by atoms with Gasteiger partial charge in [0, 0.05) is 13.1 Å². The number of carbonyl (C=O) groups is 1. The Bertz CT molecular complexity index is 356. The molecule has 1 amide bonds. The van der Waals surface area contributed by atoms with Gasteiger partial charge in [0.15, 0.2) is 5.41 Å². The molecule has 0 aromatic carbocycles. The summed E-state index contributed by atoms with van der Waals surface area (Å²) >= 11 is 0. The molecule has 1 heterocycles. The van der Waals surface area contributed by atoms with E-state index in [4.69, 9.17) is 0 Å². The van der Waals surface area contributed by atoms with Crippen LogP contribution >= 0.6 is 0 Å². The van der Waals surface area contributed by atoms with Gasteiger partial charge in [-0.1, -0.05) is 32.6 Å². The Labute approximate surface area is 124 Å². The van der Waals surface area contributed by atoms with E-state index in [0.29, 0.717) is 12.5 Å². The summed E-state index contributed by atoms with van der Waals surface area (Å²) < 4.78 is 39.6. The second-order valence-corrected chi connectivity index (χ2v) is 6.68. The van der Waals surface area contributed by atoms with Gasteiger partial charge in [0.1, 0.15) is 0 Å². The molecule has 1 aliphatic carbocycles. The second-order valence-electron chi connectivity index (χ2n) is 6.68. The zero-order valence-corrected chi connectivity index (χ0v) is 12.6. The van der Waals surface area contributed by atoms with Gasteiger partial charge >= 0.3 is 6.18 Å². The molecule has 3 nitrogen and oxygen atoms in total. The third kappa shape index (κ3) is 3.71. The van der Waals surface area contributed by atoms with E-state index < -0.39 is 17.5 Å². The van der Waals surface area contributed by atoms with Crippen molar-refractivity contribution in [1.29, 1.82) is 0 Å². The van der Waals surface area contributed by atoms with Crippen LogP contribution in [0.15, 0.2) is 0 Å². The molecule has 0 aromatic rings. The van der Waals surface area contributed by atoms with Crippen LogP contribution in [0.5, 0.6) is 0 Å². The van der Waals surface area contributed by atoms with Crippen molar-refractivity contribution in [2.75, 3.05) is 19.6 Å². The van der Waals surface area contributed by atoms with Gasteiger partial charge in [0.05, 0.1) is 0 Å². The molecule has 2 N–H and O–H groups in total. The Balaban J connectivity index is 1.81. The number of carbonyl (C=O) groups excluding carboxylic acids is 1. The molecule has 2 fully saturated rings. The number of amides is 1. The minimum absolute atomic E-state index is 0.163. The van der Waals surface area contributed by atoms with Crippen LogP contribution in [-0.4, -0.2) is 31.7 Å². The van der Waals surface area contributed by atoms with Crippen molar-refractivity contribution in [3.63, 3.8) is 0 Å². The molecular formula is C15H25F3N2O. The number of hydrogen-bond acceptors (Lipinski definition) is 2. The molecule has 0 aromatic heterocycles. The van der Waals surface area contributed by atoms with Crippen LogP contribution in [0, 0.1) is 17.3 Å². The first kappa shape index (κ1) is 16.6. The van der Waals surface area contributed by atoms with Gasteiger partial charge in [0.2, 0.25) is 5.91 Å². The smallest absolute Gasteiger partial charge is 0.355 e. The fraction of sp³-hybridized carbons (Fsp3) is 0.933. The third-order valence-electron chi connectivity index (χ3n) is 5.11. The summed E-state index contributed by atoms with van der Waals surface area (Å²) in [4.78, 5) is 12.0. The highest BCUT2D eigenvalue weighted by molar-refractivity contribution is 5.84. The van der Waals surface area contributed by atoms with E-state index in [-0.39, 0.29) is 19.5 Å². The van der Waals surface area contributed by atoms with Gasteiger partial charge in [-0.2, -0.15) is 13.2 Å². The van der Waals surface area contributed by atoms with E-state index in [1.165, 1.54) is 12.8 Å². The van der Waals surface area contributed by atoms with E-state index >= 15 is 0 Å². The van der Waals surface area contributed by atoms with Gasteiger partial charge in [-0.3, -0.25) is 4.79 Å². The molecule has 0 radical (unpaired) electrons. The Hall–Kier alpha value is -0.780. The van der Waals surface area contributed by atoms with Gasteiger partial charge in [-0.25, -0.2) is 0 Å². The Morgan fingerprint density at radius 2 is 1.95 bits per heavy atom.